The number of carbonyl (C=O) groups excluding carboxylic acids is 1. The van der Waals surface area contributed by atoms with Gasteiger partial charge in [-0.15, -0.1) is 11.3 Å². The van der Waals surface area contributed by atoms with E-state index in [0.29, 0.717) is 16.8 Å². The number of hydrogen-bond acceptors (Lipinski definition) is 3. The summed E-state index contributed by atoms with van der Waals surface area (Å²) in [5.74, 6) is -1.95. The van der Waals surface area contributed by atoms with Crippen LogP contribution in [0.2, 0.25) is 0 Å². The highest BCUT2D eigenvalue weighted by Gasteiger charge is 2.34. The Labute approximate surface area is 165 Å². The van der Waals surface area contributed by atoms with Gasteiger partial charge in [0.2, 0.25) is 5.91 Å². The molecule has 2 heterocycles. The first-order valence-corrected chi connectivity index (χ1v) is 9.69. The molecule has 1 amide bonds. The predicted molar refractivity (Wildman–Crippen MR) is 108 cm³/mol. The van der Waals surface area contributed by atoms with Crippen LogP contribution < -0.4 is 5.32 Å². The van der Waals surface area contributed by atoms with Gasteiger partial charge in [0.1, 0.15) is 10.7 Å². The minimum Gasteiger partial charge on any atom is -0.477 e. The van der Waals surface area contributed by atoms with Gasteiger partial charge in [-0.1, -0.05) is 30.3 Å². The van der Waals surface area contributed by atoms with Gasteiger partial charge in [0.25, 0.3) is 0 Å². The summed E-state index contributed by atoms with van der Waals surface area (Å²) in [6.07, 6.45) is 0.248. The Kier molecular flexibility index (Phi) is 4.51. The van der Waals surface area contributed by atoms with E-state index in [-0.39, 0.29) is 23.1 Å². The van der Waals surface area contributed by atoms with Gasteiger partial charge in [0.15, 0.2) is 0 Å². The molecule has 0 spiro atoms. The molecule has 4 nitrogen and oxygen atoms in total. The number of aromatic carboxylic acids is 1. The number of carbonyl (C=O) groups is 2. The molecular formula is C22H18FNO3S. The van der Waals surface area contributed by atoms with Crippen molar-refractivity contribution in [3.05, 3.63) is 74.7 Å². The third-order valence-corrected chi connectivity index (χ3v) is 6.44. The molecule has 28 heavy (non-hydrogen) atoms. The van der Waals surface area contributed by atoms with Gasteiger partial charge in [-0.25, -0.2) is 9.18 Å². The first-order chi connectivity index (χ1) is 13.3. The molecule has 0 radical (unpaired) electrons. The third-order valence-electron chi connectivity index (χ3n) is 5.15. The molecule has 2 N–H and O–H groups in total. The van der Waals surface area contributed by atoms with Crippen molar-refractivity contribution in [3.63, 3.8) is 0 Å². The molecular weight excluding hydrogens is 377 g/mol. The number of halogens is 1. The van der Waals surface area contributed by atoms with Gasteiger partial charge < -0.3 is 10.4 Å². The lowest BCUT2D eigenvalue weighted by Gasteiger charge is -2.24. The summed E-state index contributed by atoms with van der Waals surface area (Å²) in [4.78, 5) is 25.3. The summed E-state index contributed by atoms with van der Waals surface area (Å²) >= 11 is 1.15. The van der Waals surface area contributed by atoms with E-state index >= 15 is 0 Å². The zero-order chi connectivity index (χ0) is 20.0. The average Bonchev–Trinajstić information content (AvgIpc) is 3.03. The van der Waals surface area contributed by atoms with E-state index in [1.54, 1.807) is 6.07 Å². The van der Waals surface area contributed by atoms with Crippen LogP contribution >= 0.6 is 11.3 Å². The van der Waals surface area contributed by atoms with Crippen molar-refractivity contribution < 1.29 is 19.1 Å². The Morgan fingerprint density at radius 3 is 2.64 bits per heavy atom. The van der Waals surface area contributed by atoms with Crippen molar-refractivity contribution in [1.29, 1.82) is 0 Å². The maximum absolute atomic E-state index is 13.8. The topological polar surface area (TPSA) is 66.4 Å². The van der Waals surface area contributed by atoms with Crippen molar-refractivity contribution in [2.75, 3.05) is 5.32 Å². The van der Waals surface area contributed by atoms with Crippen LogP contribution in [0.3, 0.4) is 0 Å². The number of rotatable bonds is 3. The van der Waals surface area contributed by atoms with Crippen LogP contribution in [0.15, 0.2) is 42.5 Å². The molecule has 2 aromatic carbocycles. The summed E-state index contributed by atoms with van der Waals surface area (Å²) in [6.45, 7) is 4.03. The molecule has 3 aromatic rings. The highest BCUT2D eigenvalue weighted by Crippen LogP contribution is 2.49. The summed E-state index contributed by atoms with van der Waals surface area (Å²) in [6, 6.07) is 11.8. The van der Waals surface area contributed by atoms with Crippen molar-refractivity contribution in [3.8, 4) is 11.1 Å². The smallest absolute Gasteiger partial charge is 0.346 e. The van der Waals surface area contributed by atoms with Gasteiger partial charge in [0.05, 0.1) is 5.69 Å². The van der Waals surface area contributed by atoms with E-state index in [9.17, 15) is 19.1 Å². The van der Waals surface area contributed by atoms with Crippen molar-refractivity contribution in [1.82, 2.24) is 0 Å². The fourth-order valence-electron chi connectivity index (χ4n) is 3.61. The van der Waals surface area contributed by atoms with Gasteiger partial charge >= 0.3 is 5.97 Å². The normalized spacial score (nSPS) is 15.8. The monoisotopic (exact) mass is 395 g/mol. The fourth-order valence-corrected chi connectivity index (χ4v) is 4.85. The summed E-state index contributed by atoms with van der Waals surface area (Å²) in [7, 11) is 0. The molecule has 1 atom stereocenters. The molecule has 0 bridgehead atoms. The Bertz CT molecular complexity index is 1120. The number of carboxylic acid groups (broad SMARTS) is 1. The lowest BCUT2D eigenvalue weighted by Crippen LogP contribution is -2.22. The number of hydrogen-bond donors (Lipinski definition) is 2. The molecule has 142 valence electrons. The van der Waals surface area contributed by atoms with Crippen molar-refractivity contribution in [2.45, 2.75) is 26.2 Å². The molecule has 1 aromatic heterocycles. The quantitative estimate of drug-likeness (QED) is 0.629. The summed E-state index contributed by atoms with van der Waals surface area (Å²) in [5.41, 5.74) is 4.54. The second-order valence-corrected chi connectivity index (χ2v) is 8.06. The van der Waals surface area contributed by atoms with Crippen LogP contribution in [-0.2, 0) is 4.79 Å². The van der Waals surface area contributed by atoms with E-state index in [1.807, 2.05) is 32.0 Å². The van der Waals surface area contributed by atoms with Gasteiger partial charge in [-0.2, -0.15) is 0 Å². The SMILES string of the molecule is Cc1ccc([C@H]2CC(=O)Nc3c2sc(C(=O)O)c3-c2cccc(F)c2)cc1C. The number of carboxylic acids is 1. The molecule has 6 heteroatoms. The summed E-state index contributed by atoms with van der Waals surface area (Å²) in [5, 5.41) is 12.6. The Morgan fingerprint density at radius 2 is 1.96 bits per heavy atom. The highest BCUT2D eigenvalue weighted by atomic mass is 32.1. The van der Waals surface area contributed by atoms with Crippen LogP contribution in [-0.4, -0.2) is 17.0 Å². The van der Waals surface area contributed by atoms with Crippen LogP contribution in [0, 0.1) is 19.7 Å². The van der Waals surface area contributed by atoms with Gasteiger partial charge in [0, 0.05) is 22.8 Å². The second kappa shape index (κ2) is 6.87. The van der Waals surface area contributed by atoms with E-state index in [0.717, 1.165) is 32.9 Å². The molecule has 1 aliphatic heterocycles. The number of benzene rings is 2. The molecule has 0 fully saturated rings. The summed E-state index contributed by atoms with van der Waals surface area (Å²) < 4.78 is 13.8. The van der Waals surface area contributed by atoms with Crippen LogP contribution in [0.4, 0.5) is 10.1 Å². The molecule has 0 saturated carbocycles. The number of thiophene rings is 1. The molecule has 0 aliphatic carbocycles. The van der Waals surface area contributed by atoms with Crippen LogP contribution in [0.1, 0.15) is 43.6 Å². The van der Waals surface area contributed by atoms with E-state index in [2.05, 4.69) is 5.32 Å². The van der Waals surface area contributed by atoms with Crippen LogP contribution in [0.25, 0.3) is 11.1 Å². The molecule has 4 rings (SSSR count). The number of fused-ring (bicyclic) bond motifs is 1. The van der Waals surface area contributed by atoms with Gasteiger partial charge in [-0.3, -0.25) is 4.79 Å². The Hall–Kier alpha value is -2.99. The van der Waals surface area contributed by atoms with E-state index in [1.165, 1.54) is 18.2 Å². The standard InChI is InChI=1S/C22H18FNO3S/c1-11-6-7-13(8-12(11)2)16-10-17(25)24-19-18(14-4-3-5-15(23)9-14)21(22(26)27)28-20(16)19/h3-9,16H,10H2,1-2H3,(H,24,25)(H,26,27)/t16-/m1/s1. The van der Waals surface area contributed by atoms with Crippen molar-refractivity contribution >= 4 is 28.9 Å². The Morgan fingerprint density at radius 1 is 1.18 bits per heavy atom. The van der Waals surface area contributed by atoms with E-state index < -0.39 is 11.8 Å². The van der Waals surface area contributed by atoms with Crippen LogP contribution in [0.5, 0.6) is 0 Å². The number of aryl methyl sites for hydroxylation is 2. The zero-order valence-corrected chi connectivity index (χ0v) is 16.2. The molecule has 0 unspecified atom stereocenters. The number of nitrogens with one attached hydrogen (secondary N) is 1. The molecule has 0 saturated heterocycles. The maximum atomic E-state index is 13.8. The number of amides is 1. The lowest BCUT2D eigenvalue weighted by atomic mass is 9.87. The maximum Gasteiger partial charge on any atom is 0.346 e. The first kappa shape index (κ1) is 18.4. The fraction of sp³-hybridized carbons (Fsp3) is 0.182. The Balaban J connectivity index is 1.94. The first-order valence-electron chi connectivity index (χ1n) is 8.88. The van der Waals surface area contributed by atoms with Crippen molar-refractivity contribution in [2.24, 2.45) is 0 Å². The van der Waals surface area contributed by atoms with Gasteiger partial charge in [-0.05, 0) is 48.2 Å². The minimum absolute atomic E-state index is 0.103. The average molecular weight is 395 g/mol. The third kappa shape index (κ3) is 3.10. The predicted octanol–water partition coefficient (Wildman–Crippen LogP) is 5.34. The second-order valence-electron chi connectivity index (χ2n) is 7.01. The molecule has 1 aliphatic rings. The lowest BCUT2D eigenvalue weighted by molar-refractivity contribution is -0.116. The highest BCUT2D eigenvalue weighted by molar-refractivity contribution is 7.15. The number of anilines is 1. The minimum atomic E-state index is -1.09. The van der Waals surface area contributed by atoms with E-state index in [4.69, 9.17) is 0 Å². The zero-order valence-electron chi connectivity index (χ0n) is 15.4. The largest absolute Gasteiger partial charge is 0.477 e.